The summed E-state index contributed by atoms with van der Waals surface area (Å²) in [4.78, 5) is 29.6. The van der Waals surface area contributed by atoms with E-state index in [1.54, 1.807) is 31.4 Å². The summed E-state index contributed by atoms with van der Waals surface area (Å²) in [5.74, 6) is 0.898. The van der Waals surface area contributed by atoms with E-state index in [0.29, 0.717) is 12.1 Å². The smallest absolute Gasteiger partial charge is 0.254 e. The Hall–Kier alpha value is -3.02. The number of benzene rings is 2. The topological polar surface area (TPSA) is 61.9 Å². The predicted octanol–water partition coefficient (Wildman–Crippen LogP) is 4.55. The molecule has 0 aliphatic heterocycles. The van der Waals surface area contributed by atoms with Crippen molar-refractivity contribution in [1.29, 1.82) is 0 Å². The van der Waals surface area contributed by atoms with Gasteiger partial charge in [-0.1, -0.05) is 6.42 Å². The Morgan fingerprint density at radius 1 is 1.10 bits per heavy atom. The number of hydrogen-bond acceptors (Lipinski definition) is 4. The van der Waals surface area contributed by atoms with Crippen LogP contribution in [-0.2, 0) is 11.3 Å². The van der Waals surface area contributed by atoms with Crippen molar-refractivity contribution in [3.05, 3.63) is 53.6 Å². The molecule has 1 aliphatic carbocycles. The Morgan fingerprint density at radius 3 is 2.29 bits per heavy atom. The van der Waals surface area contributed by atoms with E-state index in [0.717, 1.165) is 42.0 Å². The summed E-state index contributed by atoms with van der Waals surface area (Å²) in [6.45, 7) is 4.47. The highest BCUT2D eigenvalue weighted by atomic mass is 16.5. The second-order valence-electron chi connectivity index (χ2n) is 8.61. The van der Waals surface area contributed by atoms with Gasteiger partial charge in [0.1, 0.15) is 5.75 Å². The number of carbonyl (C=O) groups is 2. The number of nitrogens with one attached hydrogen (secondary N) is 1. The van der Waals surface area contributed by atoms with Crippen LogP contribution in [0.25, 0.3) is 0 Å². The van der Waals surface area contributed by atoms with Crippen molar-refractivity contribution < 1.29 is 14.3 Å². The zero-order valence-corrected chi connectivity index (χ0v) is 19.1. The van der Waals surface area contributed by atoms with Crippen LogP contribution in [-0.4, -0.2) is 44.0 Å². The maximum absolute atomic E-state index is 13.3. The van der Waals surface area contributed by atoms with E-state index in [4.69, 9.17) is 4.74 Å². The van der Waals surface area contributed by atoms with Crippen molar-refractivity contribution in [2.45, 2.75) is 45.7 Å². The van der Waals surface area contributed by atoms with Crippen LogP contribution in [0.1, 0.15) is 49.0 Å². The van der Waals surface area contributed by atoms with Crippen LogP contribution in [0, 0.1) is 5.92 Å². The highest BCUT2D eigenvalue weighted by Gasteiger charge is 2.26. The Morgan fingerprint density at radius 2 is 1.77 bits per heavy atom. The van der Waals surface area contributed by atoms with Gasteiger partial charge in [-0.15, -0.1) is 0 Å². The largest absolute Gasteiger partial charge is 0.497 e. The number of amides is 2. The minimum absolute atomic E-state index is 0.0119. The zero-order valence-electron chi connectivity index (χ0n) is 19.1. The highest BCUT2D eigenvalue weighted by Crippen LogP contribution is 2.30. The van der Waals surface area contributed by atoms with Gasteiger partial charge in [0.05, 0.1) is 7.11 Å². The van der Waals surface area contributed by atoms with Gasteiger partial charge in [0.2, 0.25) is 5.91 Å². The second-order valence-corrected chi connectivity index (χ2v) is 8.61. The molecule has 0 bridgehead atoms. The summed E-state index contributed by atoms with van der Waals surface area (Å²) in [5.41, 5.74) is 3.41. The summed E-state index contributed by atoms with van der Waals surface area (Å²) in [5, 5.41) is 3.05. The summed E-state index contributed by atoms with van der Waals surface area (Å²) >= 11 is 0. The number of ether oxygens (including phenoxy) is 1. The van der Waals surface area contributed by atoms with E-state index in [2.05, 4.69) is 5.32 Å². The lowest BCUT2D eigenvalue weighted by atomic mass is 9.85. The number of rotatable bonds is 8. The third-order valence-electron chi connectivity index (χ3n) is 5.87. The first-order valence-electron chi connectivity index (χ1n) is 10.9. The normalized spacial score (nSPS) is 13.5. The summed E-state index contributed by atoms with van der Waals surface area (Å²) in [6.07, 6.45) is 3.05. The molecule has 6 nitrogen and oxygen atoms in total. The lowest BCUT2D eigenvalue weighted by Crippen LogP contribution is -2.36. The van der Waals surface area contributed by atoms with E-state index < -0.39 is 0 Å². The number of nitrogens with zero attached hydrogens (tertiary/aromatic N) is 2. The molecule has 1 N–H and O–H groups in total. The van der Waals surface area contributed by atoms with E-state index in [-0.39, 0.29) is 23.8 Å². The van der Waals surface area contributed by atoms with Crippen LogP contribution in [0.4, 0.5) is 11.4 Å². The molecule has 2 aromatic carbocycles. The zero-order chi connectivity index (χ0) is 22.5. The van der Waals surface area contributed by atoms with E-state index in [1.165, 1.54) is 0 Å². The minimum atomic E-state index is -0.0359. The average Bonchev–Trinajstić information content (AvgIpc) is 2.70. The molecule has 0 radical (unpaired) electrons. The molecular formula is C25H33N3O3. The van der Waals surface area contributed by atoms with Crippen LogP contribution in [0.5, 0.6) is 5.75 Å². The van der Waals surface area contributed by atoms with Gasteiger partial charge >= 0.3 is 0 Å². The SMILES string of the molecule is COc1ccc(C(=O)N(Cc2cc(NC(=O)C3CCC3)ccc2N(C)C)C(C)C)cc1. The molecule has 1 saturated carbocycles. The molecule has 0 unspecified atom stereocenters. The predicted molar refractivity (Wildman–Crippen MR) is 125 cm³/mol. The van der Waals surface area contributed by atoms with Crippen molar-refractivity contribution >= 4 is 23.2 Å². The van der Waals surface area contributed by atoms with Gasteiger partial charge in [-0.3, -0.25) is 9.59 Å². The van der Waals surface area contributed by atoms with Gasteiger partial charge in [0.15, 0.2) is 0 Å². The molecule has 2 aromatic rings. The van der Waals surface area contributed by atoms with Crippen LogP contribution in [0.3, 0.4) is 0 Å². The standard InChI is InChI=1S/C25H33N3O3/c1-17(2)28(25(30)19-9-12-22(31-5)13-10-19)16-20-15-21(11-14-23(20)27(3)4)26-24(29)18-7-6-8-18/h9-15,17-18H,6-8,16H2,1-5H3,(H,26,29). The first kappa shape index (κ1) is 22.7. The second kappa shape index (κ2) is 9.86. The van der Waals surface area contributed by atoms with Crippen molar-refractivity contribution in [1.82, 2.24) is 4.90 Å². The number of methoxy groups -OCH3 is 1. The average molecular weight is 424 g/mol. The molecule has 0 heterocycles. The van der Waals surface area contributed by atoms with Gasteiger partial charge in [-0.05, 0) is 74.7 Å². The fraction of sp³-hybridized carbons (Fsp3) is 0.440. The van der Waals surface area contributed by atoms with E-state index in [9.17, 15) is 9.59 Å². The maximum Gasteiger partial charge on any atom is 0.254 e. The Labute approximate surface area is 185 Å². The lowest BCUT2D eigenvalue weighted by Gasteiger charge is -2.30. The van der Waals surface area contributed by atoms with Crippen LogP contribution >= 0.6 is 0 Å². The number of hydrogen-bond donors (Lipinski definition) is 1. The van der Waals surface area contributed by atoms with E-state index >= 15 is 0 Å². The monoisotopic (exact) mass is 423 g/mol. The number of anilines is 2. The molecule has 1 aliphatic rings. The van der Waals surface area contributed by atoms with Gasteiger partial charge in [-0.25, -0.2) is 0 Å². The third-order valence-corrected chi connectivity index (χ3v) is 5.87. The molecule has 0 spiro atoms. The molecule has 2 amide bonds. The Balaban J connectivity index is 1.85. The fourth-order valence-electron chi connectivity index (χ4n) is 3.71. The molecular weight excluding hydrogens is 390 g/mol. The highest BCUT2D eigenvalue weighted by molar-refractivity contribution is 5.95. The van der Waals surface area contributed by atoms with Gasteiger partial charge < -0.3 is 19.9 Å². The summed E-state index contributed by atoms with van der Waals surface area (Å²) in [7, 11) is 5.57. The Bertz CT molecular complexity index is 918. The van der Waals surface area contributed by atoms with Crippen LogP contribution in [0.2, 0.25) is 0 Å². The van der Waals surface area contributed by atoms with Crippen molar-refractivity contribution in [3.8, 4) is 5.75 Å². The molecule has 6 heteroatoms. The molecule has 0 saturated heterocycles. The van der Waals surface area contributed by atoms with Gasteiger partial charge in [0, 0.05) is 49.5 Å². The Kier molecular flexibility index (Phi) is 7.21. The first-order chi connectivity index (χ1) is 14.8. The number of carbonyl (C=O) groups excluding carboxylic acids is 2. The fourth-order valence-corrected chi connectivity index (χ4v) is 3.71. The lowest BCUT2D eigenvalue weighted by molar-refractivity contribution is -0.122. The molecule has 3 rings (SSSR count). The van der Waals surface area contributed by atoms with Crippen LogP contribution < -0.4 is 15.0 Å². The molecule has 0 atom stereocenters. The molecule has 166 valence electrons. The van der Waals surface area contributed by atoms with Crippen molar-refractivity contribution in [2.75, 3.05) is 31.4 Å². The molecule has 0 aromatic heterocycles. The van der Waals surface area contributed by atoms with Gasteiger partial charge in [-0.2, -0.15) is 0 Å². The molecule has 31 heavy (non-hydrogen) atoms. The summed E-state index contributed by atoms with van der Waals surface area (Å²) < 4.78 is 5.20. The van der Waals surface area contributed by atoms with Crippen molar-refractivity contribution in [3.63, 3.8) is 0 Å². The van der Waals surface area contributed by atoms with Crippen molar-refractivity contribution in [2.24, 2.45) is 5.92 Å². The minimum Gasteiger partial charge on any atom is -0.497 e. The summed E-state index contributed by atoms with van der Waals surface area (Å²) in [6, 6.07) is 13.1. The van der Waals surface area contributed by atoms with E-state index in [1.807, 2.05) is 55.9 Å². The molecule has 1 fully saturated rings. The maximum atomic E-state index is 13.3. The van der Waals surface area contributed by atoms with Gasteiger partial charge in [0.25, 0.3) is 5.91 Å². The van der Waals surface area contributed by atoms with Crippen LogP contribution in [0.15, 0.2) is 42.5 Å². The third kappa shape index (κ3) is 5.37. The quantitative estimate of drug-likeness (QED) is 0.677. The first-order valence-corrected chi connectivity index (χ1v) is 10.9.